The first-order chi connectivity index (χ1) is 6.65. The Labute approximate surface area is 89.4 Å². The number of hydrogen-bond donors (Lipinski definition) is 1. The molecule has 2 nitrogen and oxygen atoms in total. The molecular formula is C11H12N2S. The summed E-state index contributed by atoms with van der Waals surface area (Å²) in [6.45, 7) is 4.04. The molecule has 1 aromatic rings. The third-order valence-corrected chi connectivity index (χ3v) is 3.36. The van der Waals surface area contributed by atoms with E-state index in [1.807, 2.05) is 23.9 Å². The van der Waals surface area contributed by atoms with Crippen LogP contribution in [0.4, 0.5) is 0 Å². The molecule has 0 spiro atoms. The molecule has 0 radical (unpaired) electrons. The fourth-order valence-corrected chi connectivity index (χ4v) is 2.22. The standard InChI is InChI=1S/C11H12N2S/c1-7-3-4-11-9(10(7)6-12)5-8(2)13(11)14/h5,14H,3-4H2,1-2H3. The minimum atomic E-state index is 0.835. The average molecular weight is 204 g/mol. The molecule has 0 N–H and O–H groups in total. The van der Waals surface area contributed by atoms with Gasteiger partial charge in [0.25, 0.3) is 0 Å². The lowest BCUT2D eigenvalue weighted by Crippen LogP contribution is -2.03. The highest BCUT2D eigenvalue weighted by atomic mass is 32.1. The van der Waals surface area contributed by atoms with Gasteiger partial charge >= 0.3 is 0 Å². The van der Waals surface area contributed by atoms with E-state index in [1.165, 1.54) is 11.3 Å². The lowest BCUT2D eigenvalue weighted by atomic mass is 9.91. The SMILES string of the molecule is CC1=C(C#N)c2cc(C)n(S)c2CC1. The zero-order valence-electron chi connectivity index (χ0n) is 8.33. The Balaban J connectivity index is 2.68. The van der Waals surface area contributed by atoms with Gasteiger partial charge in [-0.1, -0.05) is 18.4 Å². The smallest absolute Gasteiger partial charge is 0.0998 e. The molecule has 0 unspecified atom stereocenters. The van der Waals surface area contributed by atoms with Crippen LogP contribution in [-0.2, 0) is 6.42 Å². The van der Waals surface area contributed by atoms with Crippen molar-refractivity contribution in [2.75, 3.05) is 0 Å². The second kappa shape index (κ2) is 3.21. The van der Waals surface area contributed by atoms with Crippen LogP contribution in [0.1, 0.15) is 30.3 Å². The average Bonchev–Trinajstić information content (AvgIpc) is 2.43. The predicted molar refractivity (Wildman–Crippen MR) is 60.1 cm³/mol. The van der Waals surface area contributed by atoms with Gasteiger partial charge in [0.05, 0.1) is 11.6 Å². The molecule has 0 bridgehead atoms. The highest BCUT2D eigenvalue weighted by Crippen LogP contribution is 2.33. The monoisotopic (exact) mass is 204 g/mol. The Bertz CT molecular complexity index is 460. The number of allylic oxidation sites excluding steroid dienone is 2. The maximum Gasteiger partial charge on any atom is 0.0998 e. The predicted octanol–water partition coefficient (Wildman–Crippen LogP) is 2.73. The number of rotatable bonds is 0. The molecule has 0 atom stereocenters. The summed E-state index contributed by atoms with van der Waals surface area (Å²) in [5, 5.41) is 9.07. The van der Waals surface area contributed by atoms with Crippen LogP contribution in [0.3, 0.4) is 0 Å². The van der Waals surface area contributed by atoms with Crippen molar-refractivity contribution < 1.29 is 0 Å². The molecule has 1 aromatic heterocycles. The number of aromatic nitrogens is 1. The lowest BCUT2D eigenvalue weighted by molar-refractivity contribution is 0.873. The van der Waals surface area contributed by atoms with Crippen molar-refractivity contribution in [1.29, 1.82) is 5.26 Å². The van der Waals surface area contributed by atoms with E-state index in [0.29, 0.717) is 0 Å². The summed E-state index contributed by atoms with van der Waals surface area (Å²) in [5.41, 5.74) is 5.37. The zero-order chi connectivity index (χ0) is 10.3. The maximum atomic E-state index is 9.07. The van der Waals surface area contributed by atoms with Gasteiger partial charge in [0, 0.05) is 17.0 Å². The zero-order valence-corrected chi connectivity index (χ0v) is 9.23. The van der Waals surface area contributed by atoms with Gasteiger partial charge in [-0.05, 0) is 32.8 Å². The first kappa shape index (κ1) is 9.42. The van der Waals surface area contributed by atoms with Crippen LogP contribution in [0.25, 0.3) is 5.57 Å². The second-order valence-electron chi connectivity index (χ2n) is 3.73. The third-order valence-electron chi connectivity index (χ3n) is 2.80. The van der Waals surface area contributed by atoms with Crippen molar-refractivity contribution in [2.24, 2.45) is 0 Å². The number of aryl methyl sites for hydroxylation is 1. The van der Waals surface area contributed by atoms with Crippen molar-refractivity contribution in [3.63, 3.8) is 0 Å². The Hall–Kier alpha value is -1.14. The number of fused-ring (bicyclic) bond motifs is 1. The minimum Gasteiger partial charge on any atom is -0.295 e. The molecule has 0 saturated heterocycles. The van der Waals surface area contributed by atoms with E-state index in [9.17, 15) is 0 Å². The Morgan fingerprint density at radius 1 is 1.43 bits per heavy atom. The molecule has 1 heterocycles. The van der Waals surface area contributed by atoms with Crippen LogP contribution in [0, 0.1) is 18.3 Å². The highest BCUT2D eigenvalue weighted by Gasteiger charge is 2.20. The van der Waals surface area contributed by atoms with Crippen molar-refractivity contribution >= 4 is 18.4 Å². The van der Waals surface area contributed by atoms with E-state index in [1.54, 1.807) is 0 Å². The summed E-state index contributed by atoms with van der Waals surface area (Å²) in [6, 6.07) is 4.33. The van der Waals surface area contributed by atoms with Crippen molar-refractivity contribution in [3.05, 3.63) is 28.6 Å². The molecule has 0 aliphatic heterocycles. The van der Waals surface area contributed by atoms with E-state index < -0.39 is 0 Å². The summed E-state index contributed by atoms with van der Waals surface area (Å²) in [4.78, 5) is 0. The van der Waals surface area contributed by atoms with E-state index in [2.05, 4.69) is 18.9 Å². The topological polar surface area (TPSA) is 28.7 Å². The summed E-state index contributed by atoms with van der Waals surface area (Å²) in [7, 11) is 0. The van der Waals surface area contributed by atoms with E-state index >= 15 is 0 Å². The number of nitrogens with zero attached hydrogens (tertiary/aromatic N) is 2. The van der Waals surface area contributed by atoms with Crippen LogP contribution in [0.2, 0.25) is 0 Å². The van der Waals surface area contributed by atoms with Gasteiger partial charge in [0.2, 0.25) is 0 Å². The molecule has 1 aliphatic carbocycles. The Kier molecular flexibility index (Phi) is 2.16. The molecule has 0 amide bonds. The minimum absolute atomic E-state index is 0.835. The van der Waals surface area contributed by atoms with Gasteiger partial charge in [-0.3, -0.25) is 3.97 Å². The molecule has 0 aromatic carbocycles. The fraction of sp³-hybridized carbons (Fsp3) is 0.364. The van der Waals surface area contributed by atoms with Gasteiger partial charge < -0.3 is 0 Å². The summed E-state index contributed by atoms with van der Waals surface area (Å²) in [6.07, 6.45) is 1.96. The van der Waals surface area contributed by atoms with Crippen LogP contribution in [-0.4, -0.2) is 3.97 Å². The van der Waals surface area contributed by atoms with Gasteiger partial charge in [-0.2, -0.15) is 5.26 Å². The largest absolute Gasteiger partial charge is 0.295 e. The van der Waals surface area contributed by atoms with Crippen molar-refractivity contribution in [3.8, 4) is 6.07 Å². The Morgan fingerprint density at radius 2 is 2.14 bits per heavy atom. The first-order valence-corrected chi connectivity index (χ1v) is 5.06. The molecular weight excluding hydrogens is 192 g/mol. The Morgan fingerprint density at radius 3 is 2.79 bits per heavy atom. The van der Waals surface area contributed by atoms with Gasteiger partial charge in [-0.15, -0.1) is 0 Å². The van der Waals surface area contributed by atoms with E-state index in [4.69, 9.17) is 5.26 Å². The molecule has 2 rings (SSSR count). The van der Waals surface area contributed by atoms with Gasteiger partial charge in [0.1, 0.15) is 0 Å². The van der Waals surface area contributed by atoms with Crippen LogP contribution in [0.5, 0.6) is 0 Å². The lowest BCUT2D eigenvalue weighted by Gasteiger charge is -2.14. The molecule has 14 heavy (non-hydrogen) atoms. The fourth-order valence-electron chi connectivity index (χ4n) is 1.95. The number of hydrogen-bond acceptors (Lipinski definition) is 2. The molecule has 3 heteroatoms. The molecule has 72 valence electrons. The quantitative estimate of drug-likeness (QED) is 0.647. The normalized spacial score (nSPS) is 15.3. The number of nitriles is 1. The summed E-state index contributed by atoms with van der Waals surface area (Å²) >= 11 is 4.39. The molecule has 1 aliphatic rings. The van der Waals surface area contributed by atoms with Crippen LogP contribution in [0.15, 0.2) is 11.6 Å². The van der Waals surface area contributed by atoms with Gasteiger partial charge in [-0.25, -0.2) is 0 Å². The van der Waals surface area contributed by atoms with E-state index in [-0.39, 0.29) is 0 Å². The van der Waals surface area contributed by atoms with Crippen molar-refractivity contribution in [2.45, 2.75) is 26.7 Å². The van der Waals surface area contributed by atoms with Crippen LogP contribution < -0.4 is 0 Å². The number of thiol groups is 1. The van der Waals surface area contributed by atoms with Crippen LogP contribution >= 0.6 is 12.8 Å². The van der Waals surface area contributed by atoms with E-state index in [0.717, 1.165) is 29.7 Å². The second-order valence-corrected chi connectivity index (χ2v) is 4.13. The molecule has 0 fully saturated rings. The summed E-state index contributed by atoms with van der Waals surface area (Å²) < 4.78 is 1.89. The summed E-state index contributed by atoms with van der Waals surface area (Å²) in [5.74, 6) is 0. The molecule has 0 saturated carbocycles. The highest BCUT2D eigenvalue weighted by molar-refractivity contribution is 7.78. The third kappa shape index (κ3) is 1.18. The van der Waals surface area contributed by atoms with Crippen molar-refractivity contribution in [1.82, 2.24) is 3.97 Å². The maximum absolute atomic E-state index is 9.07. The first-order valence-electron chi connectivity index (χ1n) is 4.66. The van der Waals surface area contributed by atoms with Gasteiger partial charge in [0.15, 0.2) is 0 Å².